The van der Waals surface area contributed by atoms with Gasteiger partial charge in [0.15, 0.2) is 0 Å². The molecule has 3 nitrogen and oxygen atoms in total. The Morgan fingerprint density at radius 1 is 1.39 bits per heavy atom. The van der Waals surface area contributed by atoms with Gasteiger partial charge in [0, 0.05) is 23.6 Å². The molecule has 0 spiro atoms. The van der Waals surface area contributed by atoms with Crippen molar-refractivity contribution in [3.8, 4) is 5.75 Å². The number of hydrogen-bond acceptors (Lipinski definition) is 3. The first-order chi connectivity index (χ1) is 8.79. The predicted octanol–water partition coefficient (Wildman–Crippen LogP) is 2.51. The van der Waals surface area contributed by atoms with Crippen molar-refractivity contribution in [3.05, 3.63) is 28.7 Å². The second kappa shape index (κ2) is 7.12. The van der Waals surface area contributed by atoms with E-state index in [1.165, 1.54) is 19.4 Å². The van der Waals surface area contributed by atoms with Gasteiger partial charge in [-0.1, -0.05) is 15.9 Å². The molecule has 1 N–H and O–H groups in total. The van der Waals surface area contributed by atoms with Gasteiger partial charge in [-0.25, -0.2) is 0 Å². The highest BCUT2D eigenvalue weighted by Gasteiger charge is 2.23. The molecule has 100 valence electrons. The van der Waals surface area contributed by atoms with Crippen molar-refractivity contribution in [2.24, 2.45) is 0 Å². The fourth-order valence-electron chi connectivity index (χ4n) is 2.47. The Kier molecular flexibility index (Phi) is 5.47. The predicted molar refractivity (Wildman–Crippen MR) is 78.2 cm³/mol. The van der Waals surface area contributed by atoms with Gasteiger partial charge in [0.1, 0.15) is 12.4 Å². The molecule has 0 bridgehead atoms. The van der Waals surface area contributed by atoms with Crippen LogP contribution in [0.25, 0.3) is 0 Å². The Morgan fingerprint density at radius 3 is 2.89 bits per heavy atom. The minimum absolute atomic E-state index is 0.684. The first kappa shape index (κ1) is 13.8. The Bertz CT molecular complexity index is 355. The van der Waals surface area contributed by atoms with Crippen LogP contribution in [0.15, 0.2) is 28.7 Å². The Morgan fingerprint density at radius 2 is 2.17 bits per heavy atom. The van der Waals surface area contributed by atoms with Crippen LogP contribution in [0.2, 0.25) is 0 Å². The van der Waals surface area contributed by atoms with Gasteiger partial charge >= 0.3 is 0 Å². The van der Waals surface area contributed by atoms with Gasteiger partial charge in [0.05, 0.1) is 0 Å². The van der Waals surface area contributed by atoms with E-state index in [2.05, 4.69) is 26.1 Å². The fourth-order valence-corrected chi connectivity index (χ4v) is 2.73. The summed E-state index contributed by atoms with van der Waals surface area (Å²) in [4.78, 5) is 2.52. The van der Waals surface area contributed by atoms with E-state index < -0.39 is 0 Å². The summed E-state index contributed by atoms with van der Waals surface area (Å²) in [6.45, 7) is 4.07. The standard InChI is InChI=1S/C14H21BrN2O/c1-16-11-13-3-2-8-17(13)9-10-18-14-6-4-12(15)5-7-14/h4-7,13,16H,2-3,8-11H2,1H3. The minimum Gasteiger partial charge on any atom is -0.492 e. The summed E-state index contributed by atoms with van der Waals surface area (Å²) < 4.78 is 6.85. The molecule has 4 heteroatoms. The van der Waals surface area contributed by atoms with Crippen LogP contribution in [0.1, 0.15) is 12.8 Å². The van der Waals surface area contributed by atoms with E-state index in [0.29, 0.717) is 6.04 Å². The second-order valence-electron chi connectivity index (χ2n) is 4.69. The molecule has 1 aromatic rings. The maximum Gasteiger partial charge on any atom is 0.119 e. The summed E-state index contributed by atoms with van der Waals surface area (Å²) >= 11 is 3.42. The lowest BCUT2D eigenvalue weighted by Crippen LogP contribution is -2.38. The van der Waals surface area contributed by atoms with Gasteiger partial charge in [-0.15, -0.1) is 0 Å². The lowest BCUT2D eigenvalue weighted by molar-refractivity contribution is 0.195. The topological polar surface area (TPSA) is 24.5 Å². The second-order valence-corrected chi connectivity index (χ2v) is 5.61. The summed E-state index contributed by atoms with van der Waals surface area (Å²) in [7, 11) is 2.02. The Balaban J connectivity index is 1.73. The van der Waals surface area contributed by atoms with Gasteiger partial charge < -0.3 is 10.1 Å². The van der Waals surface area contributed by atoms with Gasteiger partial charge in [-0.3, -0.25) is 4.90 Å². The quantitative estimate of drug-likeness (QED) is 0.873. The van der Waals surface area contributed by atoms with Crippen molar-refractivity contribution in [2.45, 2.75) is 18.9 Å². The van der Waals surface area contributed by atoms with Gasteiger partial charge in [-0.05, 0) is 50.7 Å². The van der Waals surface area contributed by atoms with E-state index in [4.69, 9.17) is 4.74 Å². The van der Waals surface area contributed by atoms with Crippen LogP contribution in [0.5, 0.6) is 5.75 Å². The molecular weight excluding hydrogens is 292 g/mol. The molecule has 0 aliphatic carbocycles. The van der Waals surface area contributed by atoms with Crippen molar-refractivity contribution in [3.63, 3.8) is 0 Å². The average Bonchev–Trinajstić information content (AvgIpc) is 2.80. The number of likely N-dealkylation sites (N-methyl/N-ethyl adjacent to an activating group) is 1. The molecule has 0 saturated carbocycles. The number of likely N-dealkylation sites (tertiary alicyclic amines) is 1. The summed E-state index contributed by atoms with van der Waals surface area (Å²) in [5.74, 6) is 0.947. The third-order valence-corrected chi connectivity index (χ3v) is 3.93. The van der Waals surface area contributed by atoms with E-state index in [-0.39, 0.29) is 0 Å². The molecule has 2 rings (SSSR count). The van der Waals surface area contributed by atoms with Crippen molar-refractivity contribution in [1.82, 2.24) is 10.2 Å². The lowest BCUT2D eigenvalue weighted by atomic mass is 10.2. The number of nitrogens with zero attached hydrogens (tertiary/aromatic N) is 1. The van der Waals surface area contributed by atoms with E-state index in [1.54, 1.807) is 0 Å². The first-order valence-corrected chi connectivity index (χ1v) is 7.36. The van der Waals surface area contributed by atoms with E-state index in [0.717, 1.165) is 29.9 Å². The number of hydrogen-bond donors (Lipinski definition) is 1. The van der Waals surface area contributed by atoms with Crippen LogP contribution in [0.4, 0.5) is 0 Å². The van der Waals surface area contributed by atoms with Gasteiger partial charge in [0.25, 0.3) is 0 Å². The third kappa shape index (κ3) is 3.97. The largest absolute Gasteiger partial charge is 0.492 e. The summed E-state index contributed by atoms with van der Waals surface area (Å²) in [6, 6.07) is 8.70. The molecule has 1 saturated heterocycles. The monoisotopic (exact) mass is 312 g/mol. The Labute approximate surface area is 118 Å². The van der Waals surface area contributed by atoms with Crippen molar-refractivity contribution >= 4 is 15.9 Å². The van der Waals surface area contributed by atoms with Crippen LogP contribution in [0.3, 0.4) is 0 Å². The number of ether oxygens (including phenoxy) is 1. The van der Waals surface area contributed by atoms with Crippen LogP contribution in [-0.2, 0) is 0 Å². The highest BCUT2D eigenvalue weighted by Crippen LogP contribution is 2.18. The smallest absolute Gasteiger partial charge is 0.119 e. The highest BCUT2D eigenvalue weighted by molar-refractivity contribution is 9.10. The van der Waals surface area contributed by atoms with Crippen LogP contribution >= 0.6 is 15.9 Å². The molecular formula is C14H21BrN2O. The van der Waals surface area contributed by atoms with Crippen molar-refractivity contribution in [1.29, 1.82) is 0 Å². The van der Waals surface area contributed by atoms with E-state index in [1.807, 2.05) is 31.3 Å². The van der Waals surface area contributed by atoms with Gasteiger partial charge in [-0.2, -0.15) is 0 Å². The summed E-state index contributed by atoms with van der Waals surface area (Å²) in [5, 5.41) is 3.27. The minimum atomic E-state index is 0.684. The first-order valence-electron chi connectivity index (χ1n) is 6.56. The molecule has 0 radical (unpaired) electrons. The molecule has 1 aromatic carbocycles. The zero-order chi connectivity index (χ0) is 12.8. The Hall–Kier alpha value is -0.580. The lowest BCUT2D eigenvalue weighted by Gasteiger charge is -2.24. The maximum absolute atomic E-state index is 5.77. The molecule has 1 aliphatic rings. The number of rotatable bonds is 6. The van der Waals surface area contributed by atoms with Crippen molar-refractivity contribution < 1.29 is 4.74 Å². The van der Waals surface area contributed by atoms with Crippen molar-refractivity contribution in [2.75, 3.05) is 33.3 Å². The summed E-state index contributed by atoms with van der Waals surface area (Å²) in [6.07, 6.45) is 2.61. The van der Waals surface area contributed by atoms with E-state index >= 15 is 0 Å². The molecule has 18 heavy (non-hydrogen) atoms. The SMILES string of the molecule is CNCC1CCCN1CCOc1ccc(Br)cc1. The normalized spacial score (nSPS) is 20.2. The number of benzene rings is 1. The molecule has 1 aliphatic heterocycles. The number of nitrogens with one attached hydrogen (secondary N) is 1. The molecule has 1 heterocycles. The molecule has 0 amide bonds. The van der Waals surface area contributed by atoms with Crippen LogP contribution in [-0.4, -0.2) is 44.2 Å². The zero-order valence-corrected chi connectivity index (χ0v) is 12.4. The highest BCUT2D eigenvalue weighted by atomic mass is 79.9. The molecule has 1 atom stereocenters. The third-order valence-electron chi connectivity index (χ3n) is 3.40. The molecule has 1 unspecified atom stereocenters. The summed E-state index contributed by atoms with van der Waals surface area (Å²) in [5.41, 5.74) is 0. The van der Waals surface area contributed by atoms with Crippen LogP contribution in [0, 0.1) is 0 Å². The fraction of sp³-hybridized carbons (Fsp3) is 0.571. The maximum atomic E-state index is 5.77. The average molecular weight is 313 g/mol. The van der Waals surface area contributed by atoms with E-state index in [9.17, 15) is 0 Å². The van der Waals surface area contributed by atoms with Gasteiger partial charge in [0.2, 0.25) is 0 Å². The van der Waals surface area contributed by atoms with Crippen LogP contribution < -0.4 is 10.1 Å². The molecule has 0 aromatic heterocycles. The molecule has 1 fully saturated rings. The number of halogens is 1. The zero-order valence-electron chi connectivity index (χ0n) is 10.9.